The molecule has 0 rings (SSSR count). The zero-order valence-corrected chi connectivity index (χ0v) is 16.8. The van der Waals surface area contributed by atoms with E-state index in [9.17, 15) is 0 Å². The van der Waals surface area contributed by atoms with Crippen molar-refractivity contribution in [3.63, 3.8) is 0 Å². The van der Waals surface area contributed by atoms with Gasteiger partial charge in [-0.2, -0.15) is 0 Å². The standard InChI is InChI=1S/C15H34N4PS/c1-9-17(10-2)20(21,18(11-3)12-4)15(5)13-14-16-19(6,7)8/h13-14H,9-12H2,1-8H3/q+1/b15-13-,16-14+. The molecular formula is C15H34N4PS+. The van der Waals surface area contributed by atoms with Gasteiger partial charge in [-0.15, -0.1) is 0 Å². The molecule has 0 bridgehead atoms. The highest BCUT2D eigenvalue weighted by molar-refractivity contribution is 8.14. The summed E-state index contributed by atoms with van der Waals surface area (Å²) in [6.45, 7) is 14.9. The molecule has 0 atom stereocenters. The average molecular weight is 334 g/mol. The molecule has 6 heteroatoms. The molecule has 0 N–H and O–H groups in total. The van der Waals surface area contributed by atoms with E-state index < -0.39 is 6.34 Å². The van der Waals surface area contributed by atoms with Gasteiger partial charge in [0.2, 0.25) is 0 Å². The Hall–Kier alpha value is -0.0600. The number of rotatable bonds is 9. The van der Waals surface area contributed by atoms with Crippen LogP contribution in [0.4, 0.5) is 0 Å². The van der Waals surface area contributed by atoms with Crippen molar-refractivity contribution < 1.29 is 4.59 Å². The Morgan fingerprint density at radius 1 is 1.00 bits per heavy atom. The van der Waals surface area contributed by atoms with Gasteiger partial charge in [-0.3, -0.25) is 9.34 Å². The van der Waals surface area contributed by atoms with E-state index in [0.717, 1.165) is 26.2 Å². The number of quaternary nitrogens is 1. The third-order valence-electron chi connectivity index (χ3n) is 3.42. The van der Waals surface area contributed by atoms with E-state index in [4.69, 9.17) is 11.8 Å². The molecule has 0 fully saturated rings. The van der Waals surface area contributed by atoms with Crippen molar-refractivity contribution in [2.45, 2.75) is 34.6 Å². The SMILES string of the molecule is CCN(CC)P(=S)(/C(C)=C\C=N\[N+](C)(C)C)N(CC)CC. The van der Waals surface area contributed by atoms with Gasteiger partial charge in [0, 0.05) is 26.2 Å². The van der Waals surface area contributed by atoms with E-state index in [0.29, 0.717) is 4.59 Å². The predicted octanol–water partition coefficient (Wildman–Crippen LogP) is 3.58. The maximum absolute atomic E-state index is 6.20. The van der Waals surface area contributed by atoms with Gasteiger partial charge in [-0.25, -0.2) is 4.59 Å². The Morgan fingerprint density at radius 2 is 1.38 bits per heavy atom. The first-order valence-electron chi connectivity index (χ1n) is 7.82. The Bertz CT molecular complexity index is 388. The van der Waals surface area contributed by atoms with E-state index in [-0.39, 0.29) is 0 Å². The number of hydrogen-bond acceptors (Lipinski definition) is 2. The van der Waals surface area contributed by atoms with Crippen LogP contribution in [0.15, 0.2) is 16.5 Å². The summed E-state index contributed by atoms with van der Waals surface area (Å²) in [7, 11) is 6.14. The lowest BCUT2D eigenvalue weighted by Gasteiger charge is -2.42. The zero-order valence-electron chi connectivity index (χ0n) is 15.1. The zero-order chi connectivity index (χ0) is 16.7. The van der Waals surface area contributed by atoms with Gasteiger partial charge in [0.25, 0.3) is 0 Å². The summed E-state index contributed by atoms with van der Waals surface area (Å²) in [6.07, 6.45) is 2.17. The fourth-order valence-electron chi connectivity index (χ4n) is 2.28. The second-order valence-electron chi connectivity index (χ2n) is 5.84. The molecule has 0 heterocycles. The number of allylic oxidation sites excluding steroid dienone is 2. The maximum atomic E-state index is 6.20. The summed E-state index contributed by atoms with van der Waals surface area (Å²) >= 11 is 6.20. The summed E-state index contributed by atoms with van der Waals surface area (Å²) in [6, 6.07) is 0. The van der Waals surface area contributed by atoms with Crippen LogP contribution in [-0.4, -0.2) is 67.5 Å². The Labute approximate surface area is 137 Å². The lowest BCUT2D eigenvalue weighted by molar-refractivity contribution is -0.876. The minimum atomic E-state index is -1.85. The predicted molar refractivity (Wildman–Crippen MR) is 100 cm³/mol. The summed E-state index contributed by atoms with van der Waals surface area (Å²) in [5.41, 5.74) is 0. The molecule has 0 saturated carbocycles. The van der Waals surface area contributed by atoms with Gasteiger partial charge in [0.1, 0.15) is 6.34 Å². The van der Waals surface area contributed by atoms with Crippen LogP contribution in [0.25, 0.3) is 0 Å². The molecule has 0 amide bonds. The third-order valence-corrected chi connectivity index (χ3v) is 9.40. The average Bonchev–Trinajstić information content (AvgIpc) is 2.39. The number of nitrogens with zero attached hydrogens (tertiary/aromatic N) is 4. The van der Waals surface area contributed by atoms with Gasteiger partial charge >= 0.3 is 0 Å². The summed E-state index contributed by atoms with van der Waals surface area (Å²) < 4.78 is 5.46. The van der Waals surface area contributed by atoms with Crippen molar-refractivity contribution in [2.24, 2.45) is 5.10 Å². The number of hydrogen-bond donors (Lipinski definition) is 0. The minimum absolute atomic E-state index is 0.573. The fraction of sp³-hybridized carbons (Fsp3) is 0.800. The molecule has 0 saturated heterocycles. The second-order valence-corrected chi connectivity index (χ2v) is 10.3. The molecule has 0 aliphatic rings. The molecule has 0 spiro atoms. The van der Waals surface area contributed by atoms with Crippen molar-refractivity contribution in [1.82, 2.24) is 9.34 Å². The monoisotopic (exact) mass is 333 g/mol. The van der Waals surface area contributed by atoms with Crippen LogP contribution in [0.1, 0.15) is 34.6 Å². The van der Waals surface area contributed by atoms with Gasteiger partial charge < -0.3 is 0 Å². The highest BCUT2D eigenvalue weighted by atomic mass is 32.4. The van der Waals surface area contributed by atoms with E-state index in [1.54, 1.807) is 0 Å². The van der Waals surface area contributed by atoms with Gasteiger partial charge in [0.05, 0.1) is 27.4 Å². The van der Waals surface area contributed by atoms with Crippen molar-refractivity contribution >= 4 is 24.4 Å². The van der Waals surface area contributed by atoms with E-state index in [1.807, 2.05) is 27.4 Å². The molecule has 0 unspecified atom stereocenters. The van der Waals surface area contributed by atoms with Gasteiger partial charge in [-0.05, 0) is 18.3 Å². The smallest absolute Gasteiger partial charge is 0.102 e. The Morgan fingerprint density at radius 3 is 1.67 bits per heavy atom. The Kier molecular flexibility index (Phi) is 9.14. The molecule has 4 nitrogen and oxygen atoms in total. The van der Waals surface area contributed by atoms with Crippen LogP contribution in [0.2, 0.25) is 0 Å². The molecule has 0 aliphatic heterocycles. The molecule has 0 aromatic heterocycles. The first-order valence-corrected chi connectivity index (χ1v) is 10.5. The molecule has 0 radical (unpaired) electrons. The summed E-state index contributed by atoms with van der Waals surface area (Å²) in [4.78, 5) is 0. The van der Waals surface area contributed by atoms with Crippen molar-refractivity contribution in [2.75, 3.05) is 47.3 Å². The second kappa shape index (κ2) is 9.16. The summed E-state index contributed by atoms with van der Waals surface area (Å²) in [5, 5.41) is 5.77. The van der Waals surface area contributed by atoms with Gasteiger partial charge in [0.15, 0.2) is 0 Å². The van der Waals surface area contributed by atoms with Crippen molar-refractivity contribution in [3.05, 3.63) is 11.4 Å². The molecule has 0 aromatic carbocycles. The largest absolute Gasteiger partial charge is 0.261 e. The normalized spacial score (nSPS) is 14.7. The Balaban J connectivity index is 5.65. The lowest BCUT2D eigenvalue weighted by atomic mass is 10.5. The highest BCUT2D eigenvalue weighted by Crippen LogP contribution is 2.59. The van der Waals surface area contributed by atoms with Crippen molar-refractivity contribution in [3.8, 4) is 0 Å². The van der Waals surface area contributed by atoms with E-state index in [2.05, 4.69) is 55.1 Å². The molecule has 124 valence electrons. The summed E-state index contributed by atoms with van der Waals surface area (Å²) in [5.74, 6) is 0. The van der Waals surface area contributed by atoms with Gasteiger partial charge in [-0.1, -0.05) is 44.6 Å². The molecule has 21 heavy (non-hydrogen) atoms. The van der Waals surface area contributed by atoms with Crippen molar-refractivity contribution in [1.29, 1.82) is 0 Å². The highest BCUT2D eigenvalue weighted by Gasteiger charge is 2.30. The van der Waals surface area contributed by atoms with Crippen LogP contribution in [0, 0.1) is 0 Å². The van der Waals surface area contributed by atoms with E-state index >= 15 is 0 Å². The maximum Gasteiger partial charge on any atom is 0.102 e. The molecular weight excluding hydrogens is 299 g/mol. The van der Waals surface area contributed by atoms with Crippen LogP contribution < -0.4 is 0 Å². The van der Waals surface area contributed by atoms with Crippen LogP contribution in [0.5, 0.6) is 0 Å². The molecule has 0 aliphatic carbocycles. The first-order chi connectivity index (χ1) is 9.67. The van der Waals surface area contributed by atoms with E-state index in [1.165, 1.54) is 5.31 Å². The topological polar surface area (TPSA) is 18.8 Å². The first kappa shape index (κ1) is 20.9. The lowest BCUT2D eigenvalue weighted by Crippen LogP contribution is -2.32. The van der Waals surface area contributed by atoms with Crippen LogP contribution >= 0.6 is 6.34 Å². The van der Waals surface area contributed by atoms with Crippen LogP contribution in [-0.2, 0) is 11.8 Å². The van der Waals surface area contributed by atoms with Crippen LogP contribution in [0.3, 0.4) is 0 Å². The minimum Gasteiger partial charge on any atom is -0.261 e. The quantitative estimate of drug-likeness (QED) is 0.278. The third kappa shape index (κ3) is 5.91. The molecule has 0 aromatic rings. The fourth-order valence-corrected chi connectivity index (χ4v) is 6.89.